The third-order valence-electron chi connectivity index (χ3n) is 4.92. The van der Waals surface area contributed by atoms with Gasteiger partial charge in [0.1, 0.15) is 0 Å². The van der Waals surface area contributed by atoms with Crippen LogP contribution >= 0.6 is 11.3 Å². The lowest BCUT2D eigenvalue weighted by molar-refractivity contribution is -0.124. The van der Waals surface area contributed by atoms with Crippen LogP contribution < -0.4 is 10.6 Å². The van der Waals surface area contributed by atoms with Crippen molar-refractivity contribution in [2.24, 2.45) is 5.92 Å². The summed E-state index contributed by atoms with van der Waals surface area (Å²) in [6.45, 7) is 2.79. The first-order valence-corrected chi connectivity index (χ1v) is 9.05. The third kappa shape index (κ3) is 3.64. The topological polar surface area (TPSA) is 54.0 Å². The average molecular weight is 307 g/mol. The summed E-state index contributed by atoms with van der Waals surface area (Å²) >= 11 is 1.66. The van der Waals surface area contributed by atoms with Gasteiger partial charge >= 0.3 is 0 Å². The van der Waals surface area contributed by atoms with E-state index in [1.807, 2.05) is 11.6 Å². The van der Waals surface area contributed by atoms with Gasteiger partial charge in [-0.05, 0) is 31.6 Å². The molecular formula is C16H25N3OS. The summed E-state index contributed by atoms with van der Waals surface area (Å²) in [7, 11) is 0. The number of hydrogen-bond acceptors (Lipinski definition) is 4. The highest BCUT2D eigenvalue weighted by Gasteiger charge is 2.34. The zero-order chi connectivity index (χ0) is 14.7. The minimum Gasteiger partial charge on any atom is -0.354 e. The van der Waals surface area contributed by atoms with Crippen molar-refractivity contribution in [2.75, 3.05) is 6.54 Å². The number of amides is 1. The summed E-state index contributed by atoms with van der Waals surface area (Å²) in [5, 5.41) is 9.77. The summed E-state index contributed by atoms with van der Waals surface area (Å²) in [4.78, 5) is 16.7. The number of nitrogens with one attached hydrogen (secondary N) is 2. The van der Waals surface area contributed by atoms with E-state index in [0.717, 1.165) is 17.3 Å². The van der Waals surface area contributed by atoms with Gasteiger partial charge in [-0.15, -0.1) is 11.3 Å². The number of fused-ring (bicyclic) bond motifs is 1. The smallest absolute Gasteiger partial charge is 0.237 e. The second-order valence-electron chi connectivity index (χ2n) is 6.46. The van der Waals surface area contributed by atoms with Gasteiger partial charge in [0.05, 0.1) is 11.0 Å². The van der Waals surface area contributed by atoms with Crippen LogP contribution in [0.3, 0.4) is 0 Å². The summed E-state index contributed by atoms with van der Waals surface area (Å²) in [6, 6.07) is 0.576. The number of nitrogens with zero attached hydrogens (tertiary/aromatic N) is 1. The molecule has 1 aliphatic carbocycles. The Balaban J connectivity index is 1.47. The van der Waals surface area contributed by atoms with Gasteiger partial charge in [-0.25, -0.2) is 4.98 Å². The fourth-order valence-corrected chi connectivity index (χ4v) is 4.34. The summed E-state index contributed by atoms with van der Waals surface area (Å²) in [5.74, 6) is 1.26. The molecular weight excluding hydrogens is 282 g/mol. The van der Waals surface area contributed by atoms with Crippen molar-refractivity contribution < 1.29 is 4.79 Å². The third-order valence-corrected chi connectivity index (χ3v) is 5.93. The molecule has 1 aromatic rings. The van der Waals surface area contributed by atoms with Crippen LogP contribution in [0.5, 0.6) is 0 Å². The molecule has 0 radical (unpaired) electrons. The van der Waals surface area contributed by atoms with Gasteiger partial charge in [-0.1, -0.05) is 19.8 Å². The number of rotatable bonds is 4. The molecule has 4 unspecified atom stereocenters. The normalized spacial score (nSPS) is 30.4. The second-order valence-corrected chi connectivity index (χ2v) is 7.39. The van der Waals surface area contributed by atoms with Crippen molar-refractivity contribution in [3.63, 3.8) is 0 Å². The van der Waals surface area contributed by atoms with Crippen LogP contribution in [0.4, 0.5) is 0 Å². The predicted molar refractivity (Wildman–Crippen MR) is 85.4 cm³/mol. The summed E-state index contributed by atoms with van der Waals surface area (Å²) in [5.41, 5.74) is 0. The summed E-state index contributed by atoms with van der Waals surface area (Å²) < 4.78 is 0. The molecule has 2 heterocycles. The van der Waals surface area contributed by atoms with Crippen LogP contribution in [0.2, 0.25) is 0 Å². The van der Waals surface area contributed by atoms with Crippen molar-refractivity contribution >= 4 is 17.2 Å². The highest BCUT2D eigenvalue weighted by Crippen LogP contribution is 2.32. The number of aromatic nitrogens is 1. The maximum Gasteiger partial charge on any atom is 0.237 e. The van der Waals surface area contributed by atoms with Crippen molar-refractivity contribution in [3.8, 4) is 0 Å². The van der Waals surface area contributed by atoms with E-state index in [2.05, 4.69) is 22.5 Å². The van der Waals surface area contributed by atoms with E-state index in [-0.39, 0.29) is 11.9 Å². The number of carbonyl (C=O) groups is 1. The Morgan fingerprint density at radius 3 is 3.10 bits per heavy atom. The van der Waals surface area contributed by atoms with E-state index in [0.29, 0.717) is 18.5 Å². The molecule has 5 heteroatoms. The van der Waals surface area contributed by atoms with E-state index in [4.69, 9.17) is 0 Å². The molecule has 2 N–H and O–H groups in total. The molecule has 116 valence electrons. The standard InChI is InChI=1S/C16H25N3OS/c1-11(16-17-8-9-21-16)10-18-15(20)14-7-6-12-4-2-3-5-13(12)19-14/h8-9,11-14,19H,2-7,10H2,1H3,(H,18,20). The molecule has 1 aromatic heterocycles. The molecule has 1 amide bonds. The van der Waals surface area contributed by atoms with Crippen LogP contribution in [0.1, 0.15) is 56.4 Å². The minimum absolute atomic E-state index is 0.00726. The lowest BCUT2D eigenvalue weighted by atomic mass is 9.77. The Bertz CT molecular complexity index is 462. The molecule has 1 saturated heterocycles. The van der Waals surface area contributed by atoms with Gasteiger partial charge in [0.15, 0.2) is 0 Å². The van der Waals surface area contributed by atoms with E-state index in [1.165, 1.54) is 32.1 Å². The predicted octanol–water partition coefficient (Wildman–Crippen LogP) is 2.67. The zero-order valence-electron chi connectivity index (χ0n) is 12.7. The Morgan fingerprint density at radius 1 is 1.43 bits per heavy atom. The molecule has 2 aliphatic rings. The van der Waals surface area contributed by atoms with Gasteiger partial charge in [0, 0.05) is 30.1 Å². The monoisotopic (exact) mass is 307 g/mol. The molecule has 0 spiro atoms. The molecule has 2 fully saturated rings. The van der Waals surface area contributed by atoms with Gasteiger partial charge in [0.2, 0.25) is 5.91 Å². The largest absolute Gasteiger partial charge is 0.354 e. The van der Waals surface area contributed by atoms with Crippen molar-refractivity contribution in [2.45, 2.75) is 63.5 Å². The first-order chi connectivity index (χ1) is 10.2. The SMILES string of the molecule is CC(CNC(=O)C1CCC2CCCCC2N1)c1nccs1. The second kappa shape index (κ2) is 6.88. The van der Waals surface area contributed by atoms with Crippen molar-refractivity contribution in [1.82, 2.24) is 15.6 Å². The number of piperidine rings is 1. The highest BCUT2D eigenvalue weighted by atomic mass is 32.1. The van der Waals surface area contributed by atoms with Crippen LogP contribution in [0.25, 0.3) is 0 Å². The molecule has 4 nitrogen and oxygen atoms in total. The molecule has 1 aliphatic heterocycles. The molecule has 0 aromatic carbocycles. The van der Waals surface area contributed by atoms with E-state index in [1.54, 1.807) is 11.3 Å². The highest BCUT2D eigenvalue weighted by molar-refractivity contribution is 7.09. The maximum atomic E-state index is 12.4. The first kappa shape index (κ1) is 15.0. The van der Waals surface area contributed by atoms with E-state index in [9.17, 15) is 4.79 Å². The molecule has 21 heavy (non-hydrogen) atoms. The van der Waals surface area contributed by atoms with Crippen LogP contribution in [0.15, 0.2) is 11.6 Å². The Labute approximate surface area is 130 Å². The lowest BCUT2D eigenvalue weighted by Gasteiger charge is -2.40. The maximum absolute atomic E-state index is 12.4. The molecule has 4 atom stereocenters. The lowest BCUT2D eigenvalue weighted by Crippen LogP contribution is -2.55. The Hall–Kier alpha value is -0.940. The van der Waals surface area contributed by atoms with E-state index < -0.39 is 0 Å². The van der Waals surface area contributed by atoms with Gasteiger partial charge in [-0.3, -0.25) is 4.79 Å². The molecule has 0 bridgehead atoms. The Morgan fingerprint density at radius 2 is 2.29 bits per heavy atom. The Kier molecular flexibility index (Phi) is 4.91. The molecule has 1 saturated carbocycles. The number of carbonyl (C=O) groups excluding carboxylic acids is 1. The fourth-order valence-electron chi connectivity index (χ4n) is 3.64. The zero-order valence-corrected chi connectivity index (χ0v) is 13.5. The van der Waals surface area contributed by atoms with Crippen LogP contribution in [0, 0.1) is 5.92 Å². The quantitative estimate of drug-likeness (QED) is 0.899. The van der Waals surface area contributed by atoms with E-state index >= 15 is 0 Å². The van der Waals surface area contributed by atoms with Crippen LogP contribution in [-0.2, 0) is 4.79 Å². The van der Waals surface area contributed by atoms with Crippen molar-refractivity contribution in [1.29, 1.82) is 0 Å². The minimum atomic E-state index is 0.00726. The number of thiazole rings is 1. The average Bonchev–Trinajstić information content (AvgIpc) is 3.06. The summed E-state index contributed by atoms with van der Waals surface area (Å²) in [6.07, 6.45) is 9.27. The van der Waals surface area contributed by atoms with Gasteiger partial charge < -0.3 is 10.6 Å². The van der Waals surface area contributed by atoms with Gasteiger partial charge in [-0.2, -0.15) is 0 Å². The van der Waals surface area contributed by atoms with Gasteiger partial charge in [0.25, 0.3) is 0 Å². The fraction of sp³-hybridized carbons (Fsp3) is 0.750. The number of hydrogen-bond donors (Lipinski definition) is 2. The van der Waals surface area contributed by atoms with Crippen molar-refractivity contribution in [3.05, 3.63) is 16.6 Å². The van der Waals surface area contributed by atoms with Crippen LogP contribution in [-0.4, -0.2) is 29.5 Å². The molecule has 3 rings (SSSR count). The first-order valence-electron chi connectivity index (χ1n) is 8.17.